The molecule has 0 spiro atoms. The van der Waals surface area contributed by atoms with Gasteiger partial charge in [-0.2, -0.15) is 0 Å². The summed E-state index contributed by atoms with van der Waals surface area (Å²) in [7, 11) is 0. The number of amides is 1. The Morgan fingerprint density at radius 1 is 1.35 bits per heavy atom. The van der Waals surface area contributed by atoms with E-state index in [2.05, 4.69) is 10.2 Å². The maximum atomic E-state index is 11.1. The average Bonchev–Trinajstić information content (AvgIpc) is 2.58. The van der Waals surface area contributed by atoms with Crippen LogP contribution in [0, 0.1) is 0 Å². The Kier molecular flexibility index (Phi) is 4.12. The second-order valence-corrected chi connectivity index (χ2v) is 4.44. The summed E-state index contributed by atoms with van der Waals surface area (Å²) in [5.41, 5.74) is 7.03. The van der Waals surface area contributed by atoms with Gasteiger partial charge in [-0.3, -0.25) is 9.69 Å². The zero-order valence-corrected chi connectivity index (χ0v) is 9.98. The molecule has 1 aromatic rings. The molecule has 0 atom stereocenters. The average molecular weight is 233 g/mol. The van der Waals surface area contributed by atoms with Gasteiger partial charge in [-0.1, -0.05) is 12.1 Å². The predicted molar refractivity (Wildman–Crippen MR) is 67.7 cm³/mol. The van der Waals surface area contributed by atoms with Crippen molar-refractivity contribution < 1.29 is 4.79 Å². The van der Waals surface area contributed by atoms with Gasteiger partial charge in [0, 0.05) is 25.2 Å². The van der Waals surface area contributed by atoms with Gasteiger partial charge in [0.25, 0.3) is 0 Å². The highest BCUT2D eigenvalue weighted by atomic mass is 16.1. The van der Waals surface area contributed by atoms with Crippen LogP contribution in [0.1, 0.15) is 22.3 Å². The summed E-state index contributed by atoms with van der Waals surface area (Å²) in [6.07, 6.45) is 1.18. The second kappa shape index (κ2) is 5.80. The number of benzene rings is 1. The molecule has 1 heterocycles. The van der Waals surface area contributed by atoms with Crippen LogP contribution < -0.4 is 11.1 Å². The van der Waals surface area contributed by atoms with Crippen molar-refractivity contribution in [2.45, 2.75) is 13.0 Å². The van der Waals surface area contributed by atoms with Gasteiger partial charge in [-0.05, 0) is 37.2 Å². The molecule has 0 saturated carbocycles. The van der Waals surface area contributed by atoms with Gasteiger partial charge in [0.2, 0.25) is 5.91 Å². The minimum atomic E-state index is -0.357. The molecule has 0 radical (unpaired) electrons. The third-order valence-corrected chi connectivity index (χ3v) is 3.05. The molecule has 1 aliphatic rings. The highest BCUT2D eigenvalue weighted by molar-refractivity contribution is 5.92. The number of nitrogens with one attached hydrogen (secondary N) is 1. The van der Waals surface area contributed by atoms with Crippen LogP contribution in [0.5, 0.6) is 0 Å². The van der Waals surface area contributed by atoms with E-state index in [9.17, 15) is 4.79 Å². The fraction of sp³-hybridized carbons (Fsp3) is 0.462. The molecule has 92 valence electrons. The summed E-state index contributed by atoms with van der Waals surface area (Å²) < 4.78 is 0. The quantitative estimate of drug-likeness (QED) is 0.803. The van der Waals surface area contributed by atoms with E-state index in [0.717, 1.165) is 38.3 Å². The van der Waals surface area contributed by atoms with E-state index in [1.165, 1.54) is 6.42 Å². The Morgan fingerprint density at radius 3 is 3.06 bits per heavy atom. The molecule has 3 N–H and O–H groups in total. The van der Waals surface area contributed by atoms with E-state index in [4.69, 9.17) is 5.73 Å². The number of carbonyl (C=O) groups excluding carboxylic acids is 1. The summed E-state index contributed by atoms with van der Waals surface area (Å²) in [5.74, 6) is -0.357. The number of primary amides is 1. The largest absolute Gasteiger partial charge is 0.366 e. The molecule has 1 aromatic carbocycles. The maximum Gasteiger partial charge on any atom is 0.248 e. The molecule has 17 heavy (non-hydrogen) atoms. The second-order valence-electron chi connectivity index (χ2n) is 4.44. The zero-order valence-electron chi connectivity index (χ0n) is 9.98. The van der Waals surface area contributed by atoms with Crippen molar-refractivity contribution in [3.63, 3.8) is 0 Å². The van der Waals surface area contributed by atoms with E-state index >= 15 is 0 Å². The third kappa shape index (κ3) is 3.54. The lowest BCUT2D eigenvalue weighted by Gasteiger charge is -2.19. The first-order chi connectivity index (χ1) is 8.25. The highest BCUT2D eigenvalue weighted by Crippen LogP contribution is 2.09. The number of nitrogens with zero attached hydrogens (tertiary/aromatic N) is 1. The molecular formula is C13H19N3O. The first-order valence-corrected chi connectivity index (χ1v) is 6.07. The molecule has 0 aromatic heterocycles. The lowest BCUT2D eigenvalue weighted by atomic mass is 10.1. The van der Waals surface area contributed by atoms with Gasteiger partial charge in [-0.15, -0.1) is 0 Å². The molecule has 1 fully saturated rings. The predicted octanol–water partition coefficient (Wildman–Crippen LogP) is 0.581. The van der Waals surface area contributed by atoms with Crippen LogP contribution >= 0.6 is 0 Å². The van der Waals surface area contributed by atoms with Gasteiger partial charge < -0.3 is 11.1 Å². The zero-order chi connectivity index (χ0) is 12.1. The van der Waals surface area contributed by atoms with Crippen molar-refractivity contribution in [1.82, 2.24) is 10.2 Å². The fourth-order valence-electron chi connectivity index (χ4n) is 2.14. The number of rotatable bonds is 3. The Labute approximate surface area is 102 Å². The van der Waals surface area contributed by atoms with Crippen molar-refractivity contribution in [2.75, 3.05) is 26.2 Å². The summed E-state index contributed by atoms with van der Waals surface area (Å²) in [5, 5.41) is 3.38. The number of hydrogen-bond acceptors (Lipinski definition) is 3. The molecule has 4 heteroatoms. The number of carbonyl (C=O) groups is 1. The minimum absolute atomic E-state index is 0.357. The topological polar surface area (TPSA) is 58.4 Å². The Balaban J connectivity index is 2.01. The van der Waals surface area contributed by atoms with E-state index in [-0.39, 0.29) is 5.91 Å². The van der Waals surface area contributed by atoms with Crippen molar-refractivity contribution >= 4 is 5.91 Å². The lowest BCUT2D eigenvalue weighted by Crippen LogP contribution is -2.27. The van der Waals surface area contributed by atoms with Crippen LogP contribution in [-0.2, 0) is 6.54 Å². The van der Waals surface area contributed by atoms with Crippen molar-refractivity contribution in [3.05, 3.63) is 35.4 Å². The van der Waals surface area contributed by atoms with E-state index in [1.807, 2.05) is 18.2 Å². The SMILES string of the molecule is NC(=O)c1cccc(CN2CCCNCC2)c1. The molecular weight excluding hydrogens is 214 g/mol. The summed E-state index contributed by atoms with van der Waals surface area (Å²) >= 11 is 0. The van der Waals surface area contributed by atoms with Crippen LogP contribution in [0.2, 0.25) is 0 Å². The molecule has 4 nitrogen and oxygen atoms in total. The van der Waals surface area contributed by atoms with Gasteiger partial charge in [-0.25, -0.2) is 0 Å². The Bertz CT molecular complexity index is 384. The molecule has 0 bridgehead atoms. The maximum absolute atomic E-state index is 11.1. The minimum Gasteiger partial charge on any atom is -0.366 e. The van der Waals surface area contributed by atoms with Crippen LogP contribution in [0.15, 0.2) is 24.3 Å². The van der Waals surface area contributed by atoms with Crippen LogP contribution in [0.3, 0.4) is 0 Å². The number of hydrogen-bond donors (Lipinski definition) is 2. The van der Waals surface area contributed by atoms with Crippen LogP contribution in [0.4, 0.5) is 0 Å². The fourth-order valence-corrected chi connectivity index (χ4v) is 2.14. The smallest absolute Gasteiger partial charge is 0.248 e. The monoisotopic (exact) mass is 233 g/mol. The number of nitrogens with two attached hydrogens (primary N) is 1. The van der Waals surface area contributed by atoms with Gasteiger partial charge in [0.15, 0.2) is 0 Å². The molecule has 1 aliphatic heterocycles. The highest BCUT2D eigenvalue weighted by Gasteiger charge is 2.09. The van der Waals surface area contributed by atoms with Gasteiger partial charge in [0.05, 0.1) is 0 Å². The molecule has 1 amide bonds. The van der Waals surface area contributed by atoms with Gasteiger partial charge >= 0.3 is 0 Å². The van der Waals surface area contributed by atoms with Crippen molar-refractivity contribution in [2.24, 2.45) is 5.73 Å². The van der Waals surface area contributed by atoms with Crippen LogP contribution in [0.25, 0.3) is 0 Å². The summed E-state index contributed by atoms with van der Waals surface area (Å²) in [6.45, 7) is 5.19. The first-order valence-electron chi connectivity index (χ1n) is 6.07. The van der Waals surface area contributed by atoms with E-state index < -0.39 is 0 Å². The summed E-state index contributed by atoms with van der Waals surface area (Å²) in [4.78, 5) is 13.5. The Morgan fingerprint density at radius 2 is 2.24 bits per heavy atom. The summed E-state index contributed by atoms with van der Waals surface area (Å²) in [6, 6.07) is 7.59. The standard InChI is InChI=1S/C13H19N3O/c14-13(17)12-4-1-3-11(9-12)10-16-7-2-5-15-6-8-16/h1,3-4,9,15H,2,5-8,10H2,(H2,14,17). The Hall–Kier alpha value is -1.39. The third-order valence-electron chi connectivity index (χ3n) is 3.05. The molecule has 1 saturated heterocycles. The molecule has 0 unspecified atom stereocenters. The van der Waals surface area contributed by atoms with Gasteiger partial charge in [0.1, 0.15) is 0 Å². The molecule has 2 rings (SSSR count). The normalized spacial score (nSPS) is 17.6. The molecule has 0 aliphatic carbocycles. The van der Waals surface area contributed by atoms with Crippen molar-refractivity contribution in [1.29, 1.82) is 0 Å². The first kappa shape index (κ1) is 12.1. The van der Waals surface area contributed by atoms with E-state index in [0.29, 0.717) is 5.56 Å². The lowest BCUT2D eigenvalue weighted by molar-refractivity contribution is 0.1000. The van der Waals surface area contributed by atoms with Crippen molar-refractivity contribution in [3.8, 4) is 0 Å². The van der Waals surface area contributed by atoms with Crippen LogP contribution in [-0.4, -0.2) is 37.0 Å². The van der Waals surface area contributed by atoms with E-state index in [1.54, 1.807) is 6.07 Å².